The van der Waals surface area contributed by atoms with E-state index in [9.17, 15) is 0 Å². The number of rotatable bonds is 6. The Morgan fingerprint density at radius 2 is 1.14 bits per heavy atom. The van der Waals surface area contributed by atoms with Gasteiger partial charge in [0, 0.05) is 0 Å². The van der Waals surface area contributed by atoms with Crippen molar-refractivity contribution < 1.29 is 35.9 Å². The van der Waals surface area contributed by atoms with Gasteiger partial charge in [-0.2, -0.15) is 0 Å². The number of unbranched alkanes of at least 4 members (excludes halogenated alkanes) is 4. The first-order chi connectivity index (χ1) is 5.83. The van der Waals surface area contributed by atoms with Crippen LogP contribution in [0.25, 0.3) is 0 Å². The summed E-state index contributed by atoms with van der Waals surface area (Å²) in [7, 11) is 0. The molecule has 0 heterocycles. The van der Waals surface area contributed by atoms with E-state index in [0.29, 0.717) is 0 Å². The van der Waals surface area contributed by atoms with Crippen molar-refractivity contribution in [3.63, 3.8) is 0 Å². The summed E-state index contributed by atoms with van der Waals surface area (Å²) in [5.74, 6) is 0. The van der Waals surface area contributed by atoms with Gasteiger partial charge in [0.25, 0.3) is 0 Å². The second-order valence-corrected chi connectivity index (χ2v) is 2.76. The number of allylic oxidation sites excluding steroid dienone is 2. The first-order valence-corrected chi connectivity index (χ1v) is 4.90. The Kier molecular flexibility index (Phi) is 50.1. The topological polar surface area (TPSA) is 0 Å². The molecule has 0 bridgehead atoms. The van der Waals surface area contributed by atoms with Crippen LogP contribution in [0.15, 0.2) is 12.2 Å². The van der Waals surface area contributed by atoms with Crippen molar-refractivity contribution in [1.82, 2.24) is 0 Å². The van der Waals surface area contributed by atoms with Crippen LogP contribution in [0.1, 0.15) is 52.4 Å². The normalized spacial score (nSPS) is 7.00. The van der Waals surface area contributed by atoms with E-state index in [4.69, 9.17) is 13.2 Å². The third kappa shape index (κ3) is 38.9. The minimum Gasteiger partial charge on any atom is -0.518 e. The molecule has 0 aromatic heterocycles. The van der Waals surface area contributed by atoms with E-state index in [1.165, 1.54) is 25.7 Å². The van der Waals surface area contributed by atoms with Crippen LogP contribution in [0.5, 0.6) is 0 Å². The predicted octanol–water partition coefficient (Wildman–Crippen LogP) is 1.33. The summed E-state index contributed by atoms with van der Waals surface area (Å²) in [5, 5.41) is 0. The average molecular weight is 237 g/mol. The fourth-order valence-electron chi connectivity index (χ4n) is 0.644. The van der Waals surface area contributed by atoms with Crippen molar-refractivity contribution in [3.8, 4) is 0 Å². The smallest absolute Gasteiger partial charge is 0.518 e. The van der Waals surface area contributed by atoms with E-state index in [2.05, 4.69) is 13.8 Å². The van der Waals surface area contributed by atoms with Crippen molar-refractivity contribution >= 4 is 0 Å². The SMILES string of the molecule is [CH-]=CCCCC.[CH-]=CCCCC.[Cu+].[Li+]. The first-order valence-electron chi connectivity index (χ1n) is 4.90. The number of hydrogen-bond acceptors (Lipinski definition) is 0. The van der Waals surface area contributed by atoms with Crippen LogP contribution in [-0.4, -0.2) is 0 Å². The van der Waals surface area contributed by atoms with E-state index < -0.39 is 0 Å². The van der Waals surface area contributed by atoms with Crippen LogP contribution in [0, 0.1) is 13.2 Å². The monoisotopic (exact) mass is 236 g/mol. The summed E-state index contributed by atoms with van der Waals surface area (Å²) in [6, 6.07) is 0. The molecule has 0 radical (unpaired) electrons. The summed E-state index contributed by atoms with van der Waals surface area (Å²) in [6.45, 7) is 14.5. The molecule has 0 aromatic carbocycles. The van der Waals surface area contributed by atoms with Crippen LogP contribution in [0.4, 0.5) is 0 Å². The van der Waals surface area contributed by atoms with Crippen molar-refractivity contribution in [2.24, 2.45) is 0 Å². The minimum atomic E-state index is 0. The zero-order valence-electron chi connectivity index (χ0n) is 9.85. The maximum atomic E-state index is 5.09. The van der Waals surface area contributed by atoms with E-state index in [1.54, 1.807) is 12.2 Å². The van der Waals surface area contributed by atoms with Crippen molar-refractivity contribution in [3.05, 3.63) is 25.3 Å². The van der Waals surface area contributed by atoms with Crippen LogP contribution in [-0.2, 0) is 17.1 Å². The molecule has 0 spiro atoms. The van der Waals surface area contributed by atoms with Gasteiger partial charge in [0.15, 0.2) is 0 Å². The van der Waals surface area contributed by atoms with Gasteiger partial charge in [-0.3, -0.25) is 12.2 Å². The van der Waals surface area contributed by atoms with Gasteiger partial charge >= 0.3 is 35.9 Å². The summed E-state index contributed by atoms with van der Waals surface area (Å²) in [6.07, 6.45) is 10.5. The Morgan fingerprint density at radius 3 is 1.21 bits per heavy atom. The molecule has 0 aliphatic rings. The van der Waals surface area contributed by atoms with Crippen LogP contribution >= 0.6 is 0 Å². The van der Waals surface area contributed by atoms with Crippen LogP contribution in [0.3, 0.4) is 0 Å². The van der Waals surface area contributed by atoms with Gasteiger partial charge in [0.05, 0.1) is 0 Å². The fraction of sp³-hybridized carbons (Fsp3) is 0.667. The molecule has 0 saturated heterocycles. The average Bonchev–Trinajstić information content (AvgIpc) is 2.12. The molecule has 0 aromatic rings. The summed E-state index contributed by atoms with van der Waals surface area (Å²) < 4.78 is 0. The maximum Gasteiger partial charge on any atom is 1.00 e. The summed E-state index contributed by atoms with van der Waals surface area (Å²) in [5.41, 5.74) is 0. The Morgan fingerprint density at radius 1 is 0.857 bits per heavy atom. The molecular weight excluding hydrogens is 215 g/mol. The second kappa shape index (κ2) is 29.2. The molecule has 0 aliphatic heterocycles. The molecule has 0 rings (SSSR count). The van der Waals surface area contributed by atoms with Gasteiger partial charge in [0.1, 0.15) is 0 Å². The molecule has 0 aliphatic carbocycles. The van der Waals surface area contributed by atoms with Gasteiger partial charge in [-0.15, -0.1) is 0 Å². The minimum absolute atomic E-state index is 0. The van der Waals surface area contributed by atoms with Crippen LogP contribution < -0.4 is 18.9 Å². The Hall–Kier alpha value is 0.597. The Bertz CT molecular complexity index is 80.3. The number of hydrogen-bond donors (Lipinski definition) is 0. The van der Waals surface area contributed by atoms with E-state index >= 15 is 0 Å². The maximum absolute atomic E-state index is 5.09. The largest absolute Gasteiger partial charge is 1.00 e. The van der Waals surface area contributed by atoms with Crippen LogP contribution in [0.2, 0.25) is 0 Å². The molecule has 0 N–H and O–H groups in total. The quantitative estimate of drug-likeness (QED) is 0.371. The van der Waals surface area contributed by atoms with Gasteiger partial charge in [-0.05, 0) is 0 Å². The predicted molar refractivity (Wildman–Crippen MR) is 56.8 cm³/mol. The molecule has 0 unspecified atom stereocenters. The molecule has 0 saturated carbocycles. The van der Waals surface area contributed by atoms with Gasteiger partial charge in [-0.25, -0.2) is 0 Å². The summed E-state index contributed by atoms with van der Waals surface area (Å²) in [4.78, 5) is 0. The fourth-order valence-corrected chi connectivity index (χ4v) is 0.644. The second-order valence-electron chi connectivity index (χ2n) is 2.76. The van der Waals surface area contributed by atoms with E-state index in [1.807, 2.05) is 0 Å². The molecule has 0 fully saturated rings. The molecular formula is C12H22CuLi. The molecule has 0 amide bonds. The zero-order valence-corrected chi connectivity index (χ0v) is 10.8. The molecule has 82 valence electrons. The van der Waals surface area contributed by atoms with Crippen molar-refractivity contribution in [2.45, 2.75) is 52.4 Å². The Balaban J connectivity index is -0.0000000625. The third-order valence-electron chi connectivity index (χ3n) is 1.45. The van der Waals surface area contributed by atoms with E-state index in [0.717, 1.165) is 12.8 Å². The zero-order chi connectivity index (χ0) is 9.66. The first kappa shape index (κ1) is 24.0. The van der Waals surface area contributed by atoms with Crippen molar-refractivity contribution in [1.29, 1.82) is 0 Å². The molecule has 14 heavy (non-hydrogen) atoms. The standard InChI is InChI=1S/2C6H11.Cu.Li/c2*1-3-5-6-4-2;;/h2*1,3H,4-6H2,2H3;;/q2*-1;2*+1. The molecule has 0 atom stereocenters. The van der Waals surface area contributed by atoms with E-state index in [-0.39, 0.29) is 35.9 Å². The molecule has 0 nitrogen and oxygen atoms in total. The summed E-state index contributed by atoms with van der Waals surface area (Å²) >= 11 is 0. The van der Waals surface area contributed by atoms with Gasteiger partial charge in [0.2, 0.25) is 0 Å². The third-order valence-corrected chi connectivity index (χ3v) is 1.45. The Labute approximate surface area is 113 Å². The van der Waals surface area contributed by atoms with Crippen molar-refractivity contribution in [2.75, 3.05) is 0 Å². The molecule has 2 heteroatoms. The van der Waals surface area contributed by atoms with Gasteiger partial charge in [-0.1, -0.05) is 52.4 Å². The van der Waals surface area contributed by atoms with Gasteiger partial charge < -0.3 is 13.2 Å².